The Kier molecular flexibility index (Phi) is 6.91. The van der Waals surface area contributed by atoms with Crippen LogP contribution in [-0.4, -0.2) is 36.2 Å². The van der Waals surface area contributed by atoms with Crippen LogP contribution >= 0.6 is 0 Å². The van der Waals surface area contributed by atoms with Crippen molar-refractivity contribution in [2.45, 2.75) is 32.8 Å². The van der Waals surface area contributed by atoms with Crippen molar-refractivity contribution in [3.8, 4) is 0 Å². The summed E-state index contributed by atoms with van der Waals surface area (Å²) in [6.45, 7) is 4.06. The molecule has 6 nitrogen and oxygen atoms in total. The predicted octanol–water partition coefficient (Wildman–Crippen LogP) is 0.503. The molecule has 0 saturated heterocycles. The lowest BCUT2D eigenvalue weighted by molar-refractivity contribution is -0.156. The Morgan fingerprint density at radius 2 is 2.06 bits per heavy atom. The van der Waals surface area contributed by atoms with Crippen LogP contribution < -0.4 is 0 Å². The van der Waals surface area contributed by atoms with E-state index >= 15 is 0 Å². The molecule has 0 aromatic carbocycles. The van der Waals surface area contributed by atoms with Gasteiger partial charge in [0.05, 0.1) is 5.92 Å². The Hall–Kier alpha value is -1.59. The minimum Gasteiger partial charge on any atom is -0.481 e. The number of aliphatic carboxylic acids is 1. The Bertz CT molecular complexity index is 250. The topological polar surface area (TPSA) is 89.9 Å². The van der Waals surface area contributed by atoms with E-state index in [4.69, 9.17) is 9.84 Å². The van der Waals surface area contributed by atoms with Gasteiger partial charge in [-0.25, -0.2) is 9.59 Å². The van der Waals surface area contributed by atoms with Gasteiger partial charge in [0.15, 0.2) is 6.10 Å². The predicted molar refractivity (Wildman–Crippen MR) is 53.2 cm³/mol. The van der Waals surface area contributed by atoms with Crippen molar-refractivity contribution in [1.82, 2.24) is 0 Å². The molecule has 6 heteroatoms. The molecule has 0 aliphatic heterocycles. The molecule has 2 unspecified atom stereocenters. The van der Waals surface area contributed by atoms with E-state index in [1.54, 1.807) is 0 Å². The zero-order valence-electron chi connectivity index (χ0n) is 9.26. The summed E-state index contributed by atoms with van der Waals surface area (Å²) in [4.78, 5) is 31.7. The number of esters is 1. The van der Waals surface area contributed by atoms with Crippen molar-refractivity contribution in [3.05, 3.63) is 0 Å². The maximum Gasteiger partial charge on any atom is 0.418 e. The standard InChI is InChI=1S/C10H15O6/c1-3-4-8(9(12)13)5-15-10(14)7(2)16-6-11/h7-8H,3-5H2,1-2H3,(H,12,13). The Morgan fingerprint density at radius 1 is 1.44 bits per heavy atom. The lowest BCUT2D eigenvalue weighted by atomic mass is 10.1. The number of carbonyl (C=O) groups is 2. The average Bonchev–Trinajstić information content (AvgIpc) is 2.23. The summed E-state index contributed by atoms with van der Waals surface area (Å²) in [5, 5.41) is 8.77. The molecule has 0 aromatic heterocycles. The first-order valence-electron chi connectivity index (χ1n) is 4.95. The first-order chi connectivity index (χ1) is 7.52. The third kappa shape index (κ3) is 5.33. The Labute approximate surface area is 93.5 Å². The molecule has 0 bridgehead atoms. The van der Waals surface area contributed by atoms with Crippen LogP contribution in [0.1, 0.15) is 26.7 Å². The normalized spacial score (nSPS) is 13.6. The van der Waals surface area contributed by atoms with E-state index in [2.05, 4.69) is 4.74 Å². The molecule has 1 N–H and O–H groups in total. The van der Waals surface area contributed by atoms with Gasteiger partial charge in [0, 0.05) is 0 Å². The van der Waals surface area contributed by atoms with Gasteiger partial charge in [-0.05, 0) is 13.3 Å². The molecule has 1 radical (unpaired) electrons. The lowest BCUT2D eigenvalue weighted by Crippen LogP contribution is -2.27. The fourth-order valence-corrected chi connectivity index (χ4v) is 1.05. The van der Waals surface area contributed by atoms with Crippen molar-refractivity contribution in [2.24, 2.45) is 5.92 Å². The molecular weight excluding hydrogens is 216 g/mol. The maximum atomic E-state index is 11.1. The van der Waals surface area contributed by atoms with Crippen molar-refractivity contribution in [3.63, 3.8) is 0 Å². The minimum absolute atomic E-state index is 0.214. The summed E-state index contributed by atoms with van der Waals surface area (Å²) >= 11 is 0. The Balaban J connectivity index is 4.04. The van der Waals surface area contributed by atoms with Crippen molar-refractivity contribution < 1.29 is 29.0 Å². The summed E-state index contributed by atoms with van der Waals surface area (Å²) in [5.74, 6) is -2.50. The van der Waals surface area contributed by atoms with Crippen LogP contribution in [0.4, 0.5) is 0 Å². The first kappa shape index (κ1) is 14.4. The van der Waals surface area contributed by atoms with Gasteiger partial charge in [-0.15, -0.1) is 0 Å². The quantitative estimate of drug-likeness (QED) is 0.612. The van der Waals surface area contributed by atoms with Crippen LogP contribution in [0.3, 0.4) is 0 Å². The fraction of sp³-hybridized carbons (Fsp3) is 0.700. The zero-order chi connectivity index (χ0) is 12.6. The molecule has 0 spiro atoms. The van der Waals surface area contributed by atoms with Gasteiger partial charge >= 0.3 is 18.4 Å². The van der Waals surface area contributed by atoms with E-state index < -0.39 is 24.0 Å². The van der Waals surface area contributed by atoms with Crippen molar-refractivity contribution in [1.29, 1.82) is 0 Å². The van der Waals surface area contributed by atoms with Gasteiger partial charge in [0.1, 0.15) is 6.61 Å². The molecule has 0 aliphatic rings. The van der Waals surface area contributed by atoms with Gasteiger partial charge in [-0.3, -0.25) is 4.79 Å². The van der Waals surface area contributed by atoms with E-state index in [1.807, 2.05) is 6.92 Å². The molecule has 0 fully saturated rings. The monoisotopic (exact) mass is 231 g/mol. The van der Waals surface area contributed by atoms with Crippen LogP contribution in [0.15, 0.2) is 0 Å². The number of carbonyl (C=O) groups excluding carboxylic acids is 2. The second-order valence-corrected chi connectivity index (χ2v) is 3.30. The zero-order valence-corrected chi connectivity index (χ0v) is 9.26. The molecule has 0 saturated carbocycles. The average molecular weight is 231 g/mol. The van der Waals surface area contributed by atoms with Gasteiger partial charge in [-0.1, -0.05) is 13.3 Å². The summed E-state index contributed by atoms with van der Waals surface area (Å²) < 4.78 is 8.94. The molecule has 2 atom stereocenters. The SMILES string of the molecule is CCCC(COC(=O)C(C)O[C]=O)C(=O)O. The van der Waals surface area contributed by atoms with E-state index in [0.29, 0.717) is 12.8 Å². The Morgan fingerprint density at radius 3 is 2.50 bits per heavy atom. The molecular formula is C10H15O6. The van der Waals surface area contributed by atoms with E-state index in [9.17, 15) is 14.4 Å². The smallest absolute Gasteiger partial charge is 0.418 e. The molecule has 16 heavy (non-hydrogen) atoms. The highest BCUT2D eigenvalue weighted by molar-refractivity contribution is 5.76. The van der Waals surface area contributed by atoms with E-state index in [0.717, 1.165) is 6.47 Å². The number of ether oxygens (including phenoxy) is 2. The lowest BCUT2D eigenvalue weighted by Gasteiger charge is -2.13. The molecule has 0 amide bonds. The highest BCUT2D eigenvalue weighted by atomic mass is 16.6. The number of hydrogen-bond donors (Lipinski definition) is 1. The third-order valence-electron chi connectivity index (χ3n) is 1.97. The van der Waals surface area contributed by atoms with Gasteiger partial charge in [0.2, 0.25) is 0 Å². The van der Waals surface area contributed by atoms with Crippen LogP contribution in [0.25, 0.3) is 0 Å². The van der Waals surface area contributed by atoms with Gasteiger partial charge in [0.25, 0.3) is 0 Å². The van der Waals surface area contributed by atoms with Gasteiger partial charge < -0.3 is 14.6 Å². The first-order valence-corrected chi connectivity index (χ1v) is 4.95. The van der Waals surface area contributed by atoms with Crippen molar-refractivity contribution in [2.75, 3.05) is 6.61 Å². The minimum atomic E-state index is -1.06. The molecule has 0 rings (SSSR count). The summed E-state index contributed by atoms with van der Waals surface area (Å²) in [6.07, 6.45) is 0.0499. The summed E-state index contributed by atoms with van der Waals surface area (Å²) in [6, 6.07) is 0. The highest BCUT2D eigenvalue weighted by Gasteiger charge is 2.21. The highest BCUT2D eigenvalue weighted by Crippen LogP contribution is 2.08. The number of hydrogen-bond acceptors (Lipinski definition) is 5. The van der Waals surface area contributed by atoms with Crippen molar-refractivity contribution >= 4 is 18.4 Å². The molecule has 0 aromatic rings. The fourth-order valence-electron chi connectivity index (χ4n) is 1.05. The van der Waals surface area contributed by atoms with E-state index in [1.165, 1.54) is 6.92 Å². The summed E-state index contributed by atoms with van der Waals surface area (Å²) in [5.41, 5.74) is 0. The second-order valence-electron chi connectivity index (χ2n) is 3.30. The van der Waals surface area contributed by atoms with Crippen LogP contribution in [0.2, 0.25) is 0 Å². The van der Waals surface area contributed by atoms with Crippen LogP contribution in [-0.2, 0) is 23.9 Å². The number of carboxylic acid groups (broad SMARTS) is 1. The van der Waals surface area contributed by atoms with Gasteiger partial charge in [-0.2, -0.15) is 0 Å². The number of rotatable bonds is 8. The molecule has 91 valence electrons. The number of carboxylic acids is 1. The van der Waals surface area contributed by atoms with Crippen LogP contribution in [0, 0.1) is 5.92 Å². The third-order valence-corrected chi connectivity index (χ3v) is 1.97. The summed E-state index contributed by atoms with van der Waals surface area (Å²) in [7, 11) is 0. The molecule has 0 aliphatic carbocycles. The molecule has 0 heterocycles. The second kappa shape index (κ2) is 7.67. The van der Waals surface area contributed by atoms with E-state index in [-0.39, 0.29) is 6.61 Å². The van der Waals surface area contributed by atoms with Crippen LogP contribution in [0.5, 0.6) is 0 Å². The maximum absolute atomic E-state index is 11.1. The largest absolute Gasteiger partial charge is 0.481 e.